The number of phenolic OH excluding ortho intramolecular Hbond substituents is 1. The third-order valence-corrected chi connectivity index (χ3v) is 3.74. The number of hydrogen-bond acceptors (Lipinski definition) is 4. The number of hydrogen-bond donors (Lipinski definition) is 1. The average molecular weight is 293 g/mol. The summed E-state index contributed by atoms with van der Waals surface area (Å²) in [6.45, 7) is 0.986. The summed E-state index contributed by atoms with van der Waals surface area (Å²) in [6.07, 6.45) is 4.15. The summed E-state index contributed by atoms with van der Waals surface area (Å²) in [5.41, 5.74) is 4.00. The highest BCUT2D eigenvalue weighted by atomic mass is 16.3. The number of benzene rings is 2. The minimum Gasteiger partial charge on any atom is -0.506 e. The van der Waals surface area contributed by atoms with E-state index in [4.69, 9.17) is 0 Å². The predicted molar refractivity (Wildman–Crippen MR) is 88.9 cm³/mol. The van der Waals surface area contributed by atoms with E-state index in [-0.39, 0.29) is 5.75 Å². The first-order chi connectivity index (χ1) is 10.6. The monoisotopic (exact) mass is 293 g/mol. The Labute approximate surface area is 130 Å². The third-order valence-electron chi connectivity index (χ3n) is 3.74. The molecule has 0 unspecified atom stereocenters. The lowest BCUT2D eigenvalue weighted by Gasteiger charge is -2.14. The van der Waals surface area contributed by atoms with Crippen LogP contribution >= 0.6 is 0 Å². The first-order valence-electron chi connectivity index (χ1n) is 7.31. The lowest BCUT2D eigenvalue weighted by atomic mass is 9.96. The van der Waals surface area contributed by atoms with Crippen LogP contribution in [0.5, 0.6) is 5.75 Å². The van der Waals surface area contributed by atoms with E-state index in [0.717, 1.165) is 29.5 Å². The van der Waals surface area contributed by atoms with Crippen LogP contribution in [0.4, 0.5) is 0 Å². The Balaban J connectivity index is 2.07. The molecular weight excluding hydrogens is 274 g/mol. The molecule has 0 fully saturated rings. The van der Waals surface area contributed by atoms with Crippen molar-refractivity contribution in [2.24, 2.45) is 0 Å². The van der Waals surface area contributed by atoms with Crippen molar-refractivity contribution < 1.29 is 5.11 Å². The minimum atomic E-state index is 0.192. The largest absolute Gasteiger partial charge is 0.506 e. The minimum absolute atomic E-state index is 0.192. The van der Waals surface area contributed by atoms with Crippen molar-refractivity contribution in [1.29, 1.82) is 0 Å². The van der Waals surface area contributed by atoms with Gasteiger partial charge in [0.15, 0.2) is 0 Å². The summed E-state index contributed by atoms with van der Waals surface area (Å²) in [4.78, 5) is 10.3. The third kappa shape index (κ3) is 2.92. The lowest BCUT2D eigenvalue weighted by Crippen LogP contribution is -2.15. The van der Waals surface area contributed by atoms with Crippen LogP contribution < -0.4 is 0 Å². The van der Waals surface area contributed by atoms with Gasteiger partial charge in [-0.05, 0) is 49.3 Å². The maximum Gasteiger partial charge on any atom is 0.142 e. The Hall–Kier alpha value is -2.46. The highest BCUT2D eigenvalue weighted by Crippen LogP contribution is 2.32. The molecule has 0 amide bonds. The van der Waals surface area contributed by atoms with Gasteiger partial charge in [0.1, 0.15) is 17.6 Å². The van der Waals surface area contributed by atoms with Crippen LogP contribution in [0, 0.1) is 0 Å². The van der Waals surface area contributed by atoms with Crippen molar-refractivity contribution in [3.63, 3.8) is 0 Å². The molecule has 3 rings (SSSR count). The first-order valence-corrected chi connectivity index (χ1v) is 7.31. The zero-order chi connectivity index (χ0) is 15.5. The standard InChI is InChI=1S/C18H19N3O/c1-21(2)8-7-13-5-3-4-6-16(13)14-9-15-11-19-12-20-18(15)17(22)10-14/h3-6,9-12,22H,7-8H2,1-2H3. The van der Waals surface area contributed by atoms with E-state index in [9.17, 15) is 5.11 Å². The molecule has 0 atom stereocenters. The van der Waals surface area contributed by atoms with Crippen LogP contribution in [-0.4, -0.2) is 40.6 Å². The van der Waals surface area contributed by atoms with Gasteiger partial charge in [0.25, 0.3) is 0 Å². The maximum absolute atomic E-state index is 10.2. The van der Waals surface area contributed by atoms with Crippen LogP contribution in [0.1, 0.15) is 5.56 Å². The van der Waals surface area contributed by atoms with Gasteiger partial charge < -0.3 is 10.0 Å². The van der Waals surface area contributed by atoms with Crippen LogP contribution in [0.3, 0.4) is 0 Å². The molecule has 1 heterocycles. The molecule has 22 heavy (non-hydrogen) atoms. The van der Waals surface area contributed by atoms with Crippen LogP contribution in [0.2, 0.25) is 0 Å². The summed E-state index contributed by atoms with van der Waals surface area (Å²) >= 11 is 0. The molecule has 0 saturated heterocycles. The fraction of sp³-hybridized carbons (Fsp3) is 0.222. The van der Waals surface area contributed by atoms with Gasteiger partial charge in [-0.1, -0.05) is 24.3 Å². The number of fused-ring (bicyclic) bond motifs is 1. The van der Waals surface area contributed by atoms with Crippen molar-refractivity contribution in [3.05, 3.63) is 54.5 Å². The van der Waals surface area contributed by atoms with E-state index >= 15 is 0 Å². The van der Waals surface area contributed by atoms with Gasteiger partial charge in [-0.25, -0.2) is 9.97 Å². The Bertz CT molecular complexity index is 799. The second-order valence-electron chi connectivity index (χ2n) is 5.67. The van der Waals surface area contributed by atoms with Crippen molar-refractivity contribution in [3.8, 4) is 16.9 Å². The fourth-order valence-electron chi connectivity index (χ4n) is 2.60. The van der Waals surface area contributed by atoms with Gasteiger partial charge in [0.2, 0.25) is 0 Å². The normalized spacial score (nSPS) is 11.2. The van der Waals surface area contributed by atoms with Gasteiger partial charge in [0, 0.05) is 18.1 Å². The van der Waals surface area contributed by atoms with Gasteiger partial charge in [-0.2, -0.15) is 0 Å². The maximum atomic E-state index is 10.2. The molecule has 0 radical (unpaired) electrons. The molecule has 2 aromatic carbocycles. The molecule has 0 bridgehead atoms. The number of aromatic nitrogens is 2. The summed E-state index contributed by atoms with van der Waals surface area (Å²) in [6, 6.07) is 12.1. The summed E-state index contributed by atoms with van der Waals surface area (Å²) in [5, 5.41) is 11.1. The number of aromatic hydroxyl groups is 1. The molecule has 0 aliphatic rings. The number of nitrogens with zero attached hydrogens (tertiary/aromatic N) is 3. The molecule has 3 aromatic rings. The van der Waals surface area contributed by atoms with Crippen LogP contribution in [-0.2, 0) is 6.42 Å². The Kier molecular flexibility index (Phi) is 4.02. The van der Waals surface area contributed by atoms with Gasteiger partial charge in [0.05, 0.1) is 0 Å². The second kappa shape index (κ2) is 6.12. The highest BCUT2D eigenvalue weighted by molar-refractivity contribution is 5.89. The molecular formula is C18H19N3O. The zero-order valence-electron chi connectivity index (χ0n) is 12.8. The quantitative estimate of drug-likeness (QED) is 0.803. The van der Waals surface area contributed by atoms with Crippen LogP contribution in [0.25, 0.3) is 22.0 Å². The topological polar surface area (TPSA) is 49.2 Å². The predicted octanol–water partition coefficient (Wildman–Crippen LogP) is 3.11. The highest BCUT2D eigenvalue weighted by Gasteiger charge is 2.09. The Morgan fingerprint density at radius 2 is 1.95 bits per heavy atom. The van der Waals surface area contributed by atoms with Gasteiger partial charge in [-0.3, -0.25) is 0 Å². The van der Waals surface area contributed by atoms with Gasteiger partial charge in [-0.15, -0.1) is 0 Å². The molecule has 0 saturated carbocycles. The van der Waals surface area contributed by atoms with Crippen molar-refractivity contribution >= 4 is 10.9 Å². The zero-order valence-corrected chi connectivity index (χ0v) is 12.8. The molecule has 0 aliphatic heterocycles. The van der Waals surface area contributed by atoms with Crippen LogP contribution in [0.15, 0.2) is 48.9 Å². The molecule has 0 aliphatic carbocycles. The van der Waals surface area contributed by atoms with Crippen molar-refractivity contribution in [2.75, 3.05) is 20.6 Å². The second-order valence-corrected chi connectivity index (χ2v) is 5.67. The number of phenols is 1. The number of likely N-dealkylation sites (N-methyl/N-ethyl adjacent to an activating group) is 1. The molecule has 0 spiro atoms. The van der Waals surface area contributed by atoms with E-state index in [1.165, 1.54) is 11.9 Å². The molecule has 1 N–H and O–H groups in total. The van der Waals surface area contributed by atoms with E-state index in [1.54, 1.807) is 12.3 Å². The SMILES string of the molecule is CN(C)CCc1ccccc1-c1cc(O)c2ncncc2c1. The fourth-order valence-corrected chi connectivity index (χ4v) is 2.60. The van der Waals surface area contributed by atoms with Gasteiger partial charge >= 0.3 is 0 Å². The van der Waals surface area contributed by atoms with E-state index in [2.05, 4.69) is 47.2 Å². The van der Waals surface area contributed by atoms with Crippen molar-refractivity contribution in [2.45, 2.75) is 6.42 Å². The Morgan fingerprint density at radius 1 is 1.14 bits per heavy atom. The molecule has 112 valence electrons. The molecule has 4 nitrogen and oxygen atoms in total. The summed E-state index contributed by atoms with van der Waals surface area (Å²) in [7, 11) is 4.14. The molecule has 4 heteroatoms. The lowest BCUT2D eigenvalue weighted by molar-refractivity contribution is 0.414. The number of rotatable bonds is 4. The summed E-state index contributed by atoms with van der Waals surface area (Å²) < 4.78 is 0. The molecule has 1 aromatic heterocycles. The van der Waals surface area contributed by atoms with E-state index in [1.807, 2.05) is 12.1 Å². The van der Waals surface area contributed by atoms with Crippen molar-refractivity contribution in [1.82, 2.24) is 14.9 Å². The Morgan fingerprint density at radius 3 is 2.77 bits per heavy atom. The van der Waals surface area contributed by atoms with E-state index < -0.39 is 0 Å². The smallest absolute Gasteiger partial charge is 0.142 e. The van der Waals surface area contributed by atoms with E-state index in [0.29, 0.717) is 5.52 Å². The average Bonchev–Trinajstić information content (AvgIpc) is 2.53. The first kappa shape index (κ1) is 14.5. The summed E-state index contributed by atoms with van der Waals surface area (Å²) in [5.74, 6) is 0.192.